The summed E-state index contributed by atoms with van der Waals surface area (Å²) in [6.45, 7) is 3.82. The Kier molecular flexibility index (Phi) is 4.67. The van der Waals surface area contributed by atoms with Crippen LogP contribution in [0, 0.1) is 5.92 Å². The first kappa shape index (κ1) is 15.3. The van der Waals surface area contributed by atoms with Crippen LogP contribution < -0.4 is 11.1 Å². The van der Waals surface area contributed by atoms with E-state index in [1.807, 2.05) is 32.0 Å². The first-order valence-corrected chi connectivity index (χ1v) is 7.94. The van der Waals surface area contributed by atoms with Gasteiger partial charge >= 0.3 is 0 Å². The molecule has 2 rings (SSSR count). The molecule has 1 atom stereocenters. The number of aliphatic hydroxyl groups is 1. The number of nitrogens with one attached hydrogen (secondary N) is 1. The second-order valence-electron chi connectivity index (χ2n) is 4.99. The lowest BCUT2D eigenvalue weighted by atomic mass is 10.1. The van der Waals surface area contributed by atoms with Crippen LogP contribution in [0.15, 0.2) is 22.7 Å². The highest BCUT2D eigenvalue weighted by molar-refractivity contribution is 9.10. The molecule has 1 heterocycles. The molecule has 0 bridgehead atoms. The number of nitrogens with two attached hydrogens (primary N) is 1. The highest BCUT2D eigenvalue weighted by atomic mass is 79.9. The Bertz CT molecular complexity index is 639. The monoisotopic (exact) mass is 356 g/mol. The summed E-state index contributed by atoms with van der Waals surface area (Å²) in [4.78, 5) is 12.8. The molecule has 4 N–H and O–H groups in total. The summed E-state index contributed by atoms with van der Waals surface area (Å²) in [5.41, 5.74) is 6.56. The zero-order valence-corrected chi connectivity index (χ0v) is 13.7. The summed E-state index contributed by atoms with van der Waals surface area (Å²) in [5.74, 6) is -0.0683. The summed E-state index contributed by atoms with van der Waals surface area (Å²) >= 11 is 4.76. The molecule has 1 aromatic heterocycles. The predicted molar refractivity (Wildman–Crippen MR) is 87.1 cm³/mol. The first-order valence-electron chi connectivity index (χ1n) is 6.33. The quantitative estimate of drug-likeness (QED) is 0.788. The largest absolute Gasteiger partial charge is 0.397 e. The van der Waals surface area contributed by atoms with Crippen LogP contribution >= 0.6 is 27.3 Å². The molecule has 20 heavy (non-hydrogen) atoms. The Balaban J connectivity index is 2.33. The van der Waals surface area contributed by atoms with Crippen LogP contribution in [-0.4, -0.2) is 23.7 Å². The lowest BCUT2D eigenvalue weighted by molar-refractivity contribution is 0.0902. The van der Waals surface area contributed by atoms with Crippen LogP contribution in [0.5, 0.6) is 0 Å². The molecule has 1 amide bonds. The van der Waals surface area contributed by atoms with E-state index in [1.165, 1.54) is 11.3 Å². The van der Waals surface area contributed by atoms with Gasteiger partial charge in [0.2, 0.25) is 0 Å². The number of carbonyl (C=O) groups is 1. The topological polar surface area (TPSA) is 75.3 Å². The molecule has 0 radical (unpaired) electrons. The number of carbonyl (C=O) groups excluding carboxylic acids is 1. The van der Waals surface area contributed by atoms with Gasteiger partial charge in [-0.25, -0.2) is 0 Å². The van der Waals surface area contributed by atoms with E-state index in [2.05, 4.69) is 21.2 Å². The van der Waals surface area contributed by atoms with Crippen molar-refractivity contribution in [3.8, 4) is 0 Å². The number of nitrogen functional groups attached to an aromatic ring is 1. The normalized spacial score (nSPS) is 12.8. The average molecular weight is 357 g/mol. The lowest BCUT2D eigenvalue weighted by Gasteiger charge is -2.19. The smallest absolute Gasteiger partial charge is 0.263 e. The average Bonchev–Trinajstić information content (AvgIpc) is 2.73. The predicted octanol–water partition coefficient (Wildman–Crippen LogP) is 2.99. The van der Waals surface area contributed by atoms with Crippen LogP contribution in [0.1, 0.15) is 23.5 Å². The Morgan fingerprint density at radius 2 is 2.20 bits per heavy atom. The Hall–Kier alpha value is -1.11. The van der Waals surface area contributed by atoms with Crippen molar-refractivity contribution in [1.82, 2.24) is 5.32 Å². The number of hydrogen-bond donors (Lipinski definition) is 3. The SMILES string of the molecule is CC(C)C(CO)NC(=O)c1sc2ccc(Br)cc2c1N. The van der Waals surface area contributed by atoms with Crippen molar-refractivity contribution in [2.24, 2.45) is 5.92 Å². The van der Waals surface area contributed by atoms with Gasteiger partial charge in [-0.05, 0) is 24.1 Å². The minimum Gasteiger partial charge on any atom is -0.397 e. The van der Waals surface area contributed by atoms with Crippen molar-refractivity contribution < 1.29 is 9.90 Å². The van der Waals surface area contributed by atoms with Crippen molar-refractivity contribution in [3.05, 3.63) is 27.5 Å². The van der Waals surface area contributed by atoms with Gasteiger partial charge in [-0.1, -0.05) is 29.8 Å². The standard InChI is InChI=1S/C14H17BrN2O2S/c1-7(2)10(6-18)17-14(19)13-12(16)9-5-8(15)3-4-11(9)20-13/h3-5,7,10,18H,6,16H2,1-2H3,(H,17,19). The molecular formula is C14H17BrN2O2S. The van der Waals surface area contributed by atoms with Crippen molar-refractivity contribution in [2.75, 3.05) is 12.3 Å². The van der Waals surface area contributed by atoms with E-state index in [9.17, 15) is 9.90 Å². The van der Waals surface area contributed by atoms with Gasteiger partial charge in [0.05, 0.1) is 18.3 Å². The number of anilines is 1. The zero-order valence-electron chi connectivity index (χ0n) is 11.3. The molecule has 1 unspecified atom stereocenters. The lowest BCUT2D eigenvalue weighted by Crippen LogP contribution is -2.41. The number of benzene rings is 1. The number of thiophene rings is 1. The zero-order chi connectivity index (χ0) is 14.9. The number of fused-ring (bicyclic) bond motifs is 1. The van der Waals surface area contributed by atoms with Crippen LogP contribution in [-0.2, 0) is 0 Å². The first-order chi connectivity index (χ1) is 9.43. The molecule has 0 aliphatic carbocycles. The molecule has 0 aliphatic heterocycles. The van der Waals surface area contributed by atoms with Crippen LogP contribution in [0.2, 0.25) is 0 Å². The molecule has 0 aliphatic rings. The fraction of sp³-hybridized carbons (Fsp3) is 0.357. The van der Waals surface area contributed by atoms with Crippen molar-refractivity contribution in [1.29, 1.82) is 0 Å². The second-order valence-corrected chi connectivity index (χ2v) is 6.96. The van der Waals surface area contributed by atoms with E-state index >= 15 is 0 Å². The molecule has 6 heteroatoms. The van der Waals surface area contributed by atoms with Crippen LogP contribution in [0.3, 0.4) is 0 Å². The van der Waals surface area contributed by atoms with E-state index in [0.717, 1.165) is 14.6 Å². The highest BCUT2D eigenvalue weighted by Crippen LogP contribution is 2.35. The third-order valence-electron chi connectivity index (χ3n) is 3.21. The molecular weight excluding hydrogens is 340 g/mol. The van der Waals surface area contributed by atoms with Gasteiger partial charge in [-0.3, -0.25) is 4.79 Å². The van der Waals surface area contributed by atoms with Gasteiger partial charge in [0.15, 0.2) is 0 Å². The van der Waals surface area contributed by atoms with E-state index in [0.29, 0.717) is 10.6 Å². The number of hydrogen-bond acceptors (Lipinski definition) is 4. The van der Waals surface area contributed by atoms with Crippen molar-refractivity contribution in [2.45, 2.75) is 19.9 Å². The molecule has 0 spiro atoms. The summed E-state index contributed by atoms with van der Waals surface area (Å²) in [6.07, 6.45) is 0. The maximum absolute atomic E-state index is 12.3. The van der Waals surface area contributed by atoms with E-state index in [4.69, 9.17) is 5.73 Å². The van der Waals surface area contributed by atoms with Gasteiger partial charge in [-0.15, -0.1) is 11.3 Å². The third kappa shape index (κ3) is 2.97. The fourth-order valence-electron chi connectivity index (χ4n) is 1.91. The van der Waals surface area contributed by atoms with E-state index in [-0.39, 0.29) is 24.5 Å². The summed E-state index contributed by atoms with van der Waals surface area (Å²) in [6, 6.07) is 5.50. The molecule has 108 valence electrons. The molecule has 4 nitrogen and oxygen atoms in total. The minimum absolute atomic E-state index is 0.0836. The van der Waals surface area contributed by atoms with E-state index < -0.39 is 0 Å². The molecule has 0 fully saturated rings. The number of rotatable bonds is 4. The highest BCUT2D eigenvalue weighted by Gasteiger charge is 2.21. The Morgan fingerprint density at radius 3 is 2.80 bits per heavy atom. The molecule has 0 saturated carbocycles. The fourth-order valence-corrected chi connectivity index (χ4v) is 3.28. The van der Waals surface area contributed by atoms with Crippen molar-refractivity contribution in [3.63, 3.8) is 0 Å². The van der Waals surface area contributed by atoms with Gasteiger partial charge < -0.3 is 16.2 Å². The van der Waals surface area contributed by atoms with Gasteiger partial charge in [0, 0.05) is 14.6 Å². The van der Waals surface area contributed by atoms with Gasteiger partial charge in [-0.2, -0.15) is 0 Å². The maximum Gasteiger partial charge on any atom is 0.263 e. The number of aliphatic hydroxyl groups excluding tert-OH is 1. The Morgan fingerprint density at radius 1 is 1.50 bits per heavy atom. The van der Waals surface area contributed by atoms with Crippen molar-refractivity contribution >= 4 is 48.9 Å². The number of halogens is 1. The summed E-state index contributed by atoms with van der Waals surface area (Å²) < 4.78 is 1.90. The number of amides is 1. The second kappa shape index (κ2) is 6.11. The molecule has 0 saturated heterocycles. The van der Waals surface area contributed by atoms with Gasteiger partial charge in [0.1, 0.15) is 4.88 Å². The van der Waals surface area contributed by atoms with Gasteiger partial charge in [0.25, 0.3) is 5.91 Å². The molecule has 1 aromatic carbocycles. The maximum atomic E-state index is 12.3. The minimum atomic E-state index is -0.265. The Labute approximate surface area is 130 Å². The molecule has 2 aromatic rings. The third-order valence-corrected chi connectivity index (χ3v) is 4.89. The van der Waals surface area contributed by atoms with Crippen LogP contribution in [0.4, 0.5) is 5.69 Å². The summed E-state index contributed by atoms with van der Waals surface area (Å²) in [7, 11) is 0. The van der Waals surface area contributed by atoms with Crippen LogP contribution in [0.25, 0.3) is 10.1 Å². The summed E-state index contributed by atoms with van der Waals surface area (Å²) in [5, 5.41) is 13.0. The van der Waals surface area contributed by atoms with E-state index in [1.54, 1.807) is 0 Å².